The summed E-state index contributed by atoms with van der Waals surface area (Å²) in [6, 6.07) is 11.9. The van der Waals surface area contributed by atoms with Crippen LogP contribution >= 0.6 is 0 Å². The predicted molar refractivity (Wildman–Crippen MR) is 88.4 cm³/mol. The predicted octanol–water partition coefficient (Wildman–Crippen LogP) is 2.21. The Labute approximate surface area is 134 Å². The highest BCUT2D eigenvalue weighted by Crippen LogP contribution is 2.35. The van der Waals surface area contributed by atoms with E-state index in [9.17, 15) is 10.2 Å². The molecule has 2 atom stereocenters. The fraction of sp³-hybridized carbons (Fsp3) is 0.278. The number of pyridine rings is 1. The first-order chi connectivity index (χ1) is 11.2. The molecule has 0 saturated heterocycles. The van der Waals surface area contributed by atoms with Crippen LogP contribution in [0.2, 0.25) is 0 Å². The zero-order valence-corrected chi connectivity index (χ0v) is 12.9. The number of aromatic nitrogens is 2. The first-order valence-electron chi connectivity index (χ1n) is 7.79. The summed E-state index contributed by atoms with van der Waals surface area (Å²) in [7, 11) is 0. The second kappa shape index (κ2) is 5.37. The molecule has 0 aliphatic heterocycles. The number of aliphatic hydroxyl groups is 2. The van der Waals surface area contributed by atoms with Gasteiger partial charge < -0.3 is 19.9 Å². The van der Waals surface area contributed by atoms with Crippen LogP contribution in [0.15, 0.2) is 42.6 Å². The maximum absolute atomic E-state index is 10.4. The van der Waals surface area contributed by atoms with Gasteiger partial charge >= 0.3 is 0 Å². The fourth-order valence-electron chi connectivity index (χ4n) is 3.41. The minimum Gasteiger partial charge on any atom is -0.390 e. The Balaban J connectivity index is 1.76. The zero-order valence-electron chi connectivity index (χ0n) is 12.9. The average molecular weight is 309 g/mol. The van der Waals surface area contributed by atoms with Crippen molar-refractivity contribution in [2.75, 3.05) is 5.32 Å². The topological polar surface area (TPSA) is 69.8 Å². The van der Waals surface area contributed by atoms with Gasteiger partial charge in [0, 0.05) is 18.3 Å². The van der Waals surface area contributed by atoms with E-state index in [4.69, 9.17) is 0 Å². The van der Waals surface area contributed by atoms with E-state index in [1.807, 2.05) is 41.8 Å². The van der Waals surface area contributed by atoms with Crippen LogP contribution in [0.1, 0.15) is 28.6 Å². The Kier molecular flexibility index (Phi) is 3.32. The van der Waals surface area contributed by atoms with E-state index in [-0.39, 0.29) is 12.6 Å². The molecule has 1 aromatic carbocycles. The number of aliphatic hydroxyl groups excluding tert-OH is 2. The van der Waals surface area contributed by atoms with Crippen molar-refractivity contribution < 1.29 is 10.2 Å². The van der Waals surface area contributed by atoms with Crippen molar-refractivity contribution >= 4 is 11.3 Å². The van der Waals surface area contributed by atoms with Gasteiger partial charge in [-0.25, -0.2) is 4.98 Å². The van der Waals surface area contributed by atoms with Gasteiger partial charge in [-0.05, 0) is 30.2 Å². The molecule has 0 bridgehead atoms. The number of hydrogen-bond donors (Lipinski definition) is 3. The number of hydrogen-bond acceptors (Lipinski definition) is 4. The second-order valence-electron chi connectivity index (χ2n) is 6.01. The smallest absolute Gasteiger partial charge is 0.160 e. The van der Waals surface area contributed by atoms with Crippen LogP contribution < -0.4 is 5.32 Å². The normalized spacial score (nSPS) is 20.0. The van der Waals surface area contributed by atoms with Gasteiger partial charge in [-0.15, -0.1) is 0 Å². The lowest BCUT2D eigenvalue weighted by Gasteiger charge is -2.19. The van der Waals surface area contributed by atoms with Gasteiger partial charge in [0.05, 0.1) is 30.1 Å². The number of fused-ring (bicyclic) bond motifs is 2. The van der Waals surface area contributed by atoms with Crippen molar-refractivity contribution in [3.05, 3.63) is 65.1 Å². The molecule has 5 nitrogen and oxygen atoms in total. The van der Waals surface area contributed by atoms with E-state index in [2.05, 4.69) is 22.4 Å². The van der Waals surface area contributed by atoms with E-state index < -0.39 is 6.10 Å². The van der Waals surface area contributed by atoms with E-state index in [1.165, 1.54) is 5.56 Å². The van der Waals surface area contributed by atoms with Crippen molar-refractivity contribution in [3.8, 4) is 0 Å². The Morgan fingerprint density at radius 1 is 1.26 bits per heavy atom. The highest BCUT2D eigenvalue weighted by Gasteiger charge is 2.31. The lowest BCUT2D eigenvalue weighted by Crippen LogP contribution is -2.21. The number of benzene rings is 1. The van der Waals surface area contributed by atoms with E-state index in [0.29, 0.717) is 12.1 Å². The minimum absolute atomic E-state index is 0.0815. The lowest BCUT2D eigenvalue weighted by molar-refractivity contribution is 0.166. The van der Waals surface area contributed by atoms with Gasteiger partial charge in [-0.1, -0.05) is 24.3 Å². The molecule has 0 saturated carbocycles. The molecule has 2 unspecified atom stereocenters. The van der Waals surface area contributed by atoms with Crippen LogP contribution in [-0.2, 0) is 13.0 Å². The third-order valence-electron chi connectivity index (χ3n) is 4.65. The van der Waals surface area contributed by atoms with Crippen LogP contribution in [0.25, 0.3) is 5.65 Å². The first kappa shape index (κ1) is 14.2. The fourth-order valence-corrected chi connectivity index (χ4v) is 3.41. The van der Waals surface area contributed by atoms with E-state index in [1.54, 1.807) is 0 Å². The van der Waals surface area contributed by atoms with Crippen LogP contribution in [0.5, 0.6) is 0 Å². The molecular weight excluding hydrogens is 290 g/mol. The van der Waals surface area contributed by atoms with E-state index >= 15 is 0 Å². The van der Waals surface area contributed by atoms with Gasteiger partial charge in [-0.2, -0.15) is 0 Å². The Hall–Kier alpha value is -2.37. The number of aryl methyl sites for hydroxylation is 1. The molecule has 1 aliphatic carbocycles. The molecule has 5 heteroatoms. The molecule has 0 radical (unpaired) electrons. The maximum Gasteiger partial charge on any atom is 0.160 e. The van der Waals surface area contributed by atoms with Crippen LogP contribution in [0.3, 0.4) is 0 Å². The van der Waals surface area contributed by atoms with Crippen LogP contribution in [0.4, 0.5) is 5.69 Å². The molecule has 4 rings (SSSR count). The molecule has 3 N–H and O–H groups in total. The van der Waals surface area contributed by atoms with Gasteiger partial charge in [0.25, 0.3) is 0 Å². The van der Waals surface area contributed by atoms with Crippen LogP contribution in [0, 0.1) is 6.92 Å². The van der Waals surface area contributed by atoms with Gasteiger partial charge in [0.15, 0.2) is 5.65 Å². The van der Waals surface area contributed by atoms with Crippen LogP contribution in [-0.4, -0.2) is 25.7 Å². The Morgan fingerprint density at radius 3 is 2.91 bits per heavy atom. The SMILES string of the molecule is Cc1c(CO)nc2c(NC3c4ccccc4CC3O)cccn12. The van der Waals surface area contributed by atoms with Gasteiger partial charge in [-0.3, -0.25) is 0 Å². The maximum atomic E-state index is 10.4. The highest BCUT2D eigenvalue weighted by atomic mass is 16.3. The molecule has 0 spiro atoms. The number of imidazole rings is 1. The monoisotopic (exact) mass is 309 g/mol. The van der Waals surface area contributed by atoms with Crippen molar-refractivity contribution in [2.45, 2.75) is 32.1 Å². The molecule has 118 valence electrons. The number of nitrogens with one attached hydrogen (secondary N) is 1. The molecule has 0 fully saturated rings. The molecule has 3 aromatic rings. The molecular formula is C18H19N3O2. The summed E-state index contributed by atoms with van der Waals surface area (Å²) < 4.78 is 1.96. The first-order valence-corrected chi connectivity index (χ1v) is 7.79. The summed E-state index contributed by atoms with van der Waals surface area (Å²) in [5.74, 6) is 0. The molecule has 1 aliphatic rings. The second-order valence-corrected chi connectivity index (χ2v) is 6.01. The van der Waals surface area contributed by atoms with Gasteiger partial charge in [0.1, 0.15) is 0 Å². The highest BCUT2D eigenvalue weighted by molar-refractivity contribution is 5.69. The zero-order chi connectivity index (χ0) is 16.0. The molecule has 23 heavy (non-hydrogen) atoms. The minimum atomic E-state index is -0.457. The molecule has 0 amide bonds. The average Bonchev–Trinajstić information content (AvgIpc) is 3.06. The van der Waals surface area contributed by atoms with Crippen molar-refractivity contribution in [1.82, 2.24) is 9.38 Å². The summed E-state index contributed by atoms with van der Waals surface area (Å²) in [5, 5.41) is 23.3. The van der Waals surface area contributed by atoms with Gasteiger partial charge in [0.2, 0.25) is 0 Å². The van der Waals surface area contributed by atoms with Crippen molar-refractivity contribution in [2.24, 2.45) is 0 Å². The summed E-state index contributed by atoms with van der Waals surface area (Å²) in [6.07, 6.45) is 2.13. The molecule has 2 heterocycles. The summed E-state index contributed by atoms with van der Waals surface area (Å²) in [5.41, 5.74) is 5.54. The number of anilines is 1. The number of rotatable bonds is 3. The third kappa shape index (κ3) is 2.20. The molecule has 2 aromatic heterocycles. The quantitative estimate of drug-likeness (QED) is 0.694. The van der Waals surface area contributed by atoms with Crippen molar-refractivity contribution in [3.63, 3.8) is 0 Å². The lowest BCUT2D eigenvalue weighted by atomic mass is 10.1. The van der Waals surface area contributed by atoms with Crippen molar-refractivity contribution in [1.29, 1.82) is 0 Å². The summed E-state index contributed by atoms with van der Waals surface area (Å²) in [6.45, 7) is 1.86. The summed E-state index contributed by atoms with van der Waals surface area (Å²) in [4.78, 5) is 4.52. The number of nitrogens with zero attached hydrogens (tertiary/aromatic N) is 2. The summed E-state index contributed by atoms with van der Waals surface area (Å²) >= 11 is 0. The Bertz CT molecular complexity index is 872. The third-order valence-corrected chi connectivity index (χ3v) is 4.65. The van der Waals surface area contributed by atoms with E-state index in [0.717, 1.165) is 22.6 Å². The standard InChI is InChI=1S/C18H19N3O2/c1-11-15(10-22)20-18-14(7-4-8-21(11)18)19-17-13-6-3-2-5-12(13)9-16(17)23/h2-8,16-17,19,22-23H,9-10H2,1H3. The largest absolute Gasteiger partial charge is 0.390 e. The Morgan fingerprint density at radius 2 is 2.09 bits per heavy atom.